The number of fused-ring (bicyclic) bond motifs is 1. The van der Waals surface area contributed by atoms with Gasteiger partial charge in [0, 0.05) is 18.0 Å². The maximum Gasteiger partial charge on any atom is 0.158 e. The molecule has 1 N–H and O–H groups in total. The van der Waals surface area contributed by atoms with Crippen LogP contribution in [-0.2, 0) is 13.1 Å². The van der Waals surface area contributed by atoms with Gasteiger partial charge in [-0.25, -0.2) is 0 Å². The summed E-state index contributed by atoms with van der Waals surface area (Å²) in [7, 11) is 0. The number of nitrogens with one attached hydrogen (secondary N) is 1. The van der Waals surface area contributed by atoms with Crippen LogP contribution < -0.4 is 5.32 Å². The second-order valence-corrected chi connectivity index (χ2v) is 4.82. The highest BCUT2D eigenvalue weighted by Crippen LogP contribution is 2.14. The number of hydrogen-bond acceptors (Lipinski definition) is 4. The SMILES string of the molecule is CCCNCc1cc(Cn2ncc3ccccc32)on1. The first-order valence-corrected chi connectivity index (χ1v) is 6.92. The summed E-state index contributed by atoms with van der Waals surface area (Å²) >= 11 is 0. The lowest BCUT2D eigenvalue weighted by Gasteiger charge is -1.99. The average Bonchev–Trinajstić information content (AvgIpc) is 3.08. The summed E-state index contributed by atoms with van der Waals surface area (Å²) in [4.78, 5) is 0. The van der Waals surface area contributed by atoms with E-state index >= 15 is 0 Å². The monoisotopic (exact) mass is 270 g/mol. The number of nitrogens with zero attached hydrogens (tertiary/aromatic N) is 3. The zero-order chi connectivity index (χ0) is 13.8. The van der Waals surface area contributed by atoms with Crippen molar-refractivity contribution in [3.05, 3.63) is 48.0 Å². The van der Waals surface area contributed by atoms with Crippen molar-refractivity contribution in [3.8, 4) is 0 Å². The fourth-order valence-electron chi connectivity index (χ4n) is 2.21. The summed E-state index contributed by atoms with van der Waals surface area (Å²) in [6.07, 6.45) is 2.99. The molecule has 3 rings (SSSR count). The highest BCUT2D eigenvalue weighted by molar-refractivity contribution is 5.78. The van der Waals surface area contributed by atoms with E-state index in [4.69, 9.17) is 4.52 Å². The summed E-state index contributed by atoms with van der Waals surface area (Å²) in [5.74, 6) is 0.826. The van der Waals surface area contributed by atoms with Gasteiger partial charge in [0.1, 0.15) is 6.54 Å². The lowest BCUT2D eigenvalue weighted by Crippen LogP contribution is -2.13. The second kappa shape index (κ2) is 5.88. The summed E-state index contributed by atoms with van der Waals surface area (Å²) in [5.41, 5.74) is 2.04. The first-order chi connectivity index (χ1) is 9.86. The van der Waals surface area contributed by atoms with Gasteiger partial charge in [-0.2, -0.15) is 5.10 Å². The Morgan fingerprint density at radius 1 is 1.30 bits per heavy atom. The first-order valence-electron chi connectivity index (χ1n) is 6.92. The van der Waals surface area contributed by atoms with Crippen molar-refractivity contribution in [2.24, 2.45) is 0 Å². The zero-order valence-electron chi connectivity index (χ0n) is 11.5. The van der Waals surface area contributed by atoms with Gasteiger partial charge < -0.3 is 9.84 Å². The quantitative estimate of drug-likeness (QED) is 0.699. The molecule has 0 aliphatic rings. The van der Waals surface area contributed by atoms with E-state index in [1.165, 1.54) is 0 Å². The Balaban J connectivity index is 1.71. The van der Waals surface area contributed by atoms with Crippen LogP contribution in [0.4, 0.5) is 0 Å². The summed E-state index contributed by atoms with van der Waals surface area (Å²) in [5, 5.41) is 12.9. The summed E-state index contributed by atoms with van der Waals surface area (Å²) in [6.45, 7) is 4.49. The van der Waals surface area contributed by atoms with E-state index < -0.39 is 0 Å². The lowest BCUT2D eigenvalue weighted by molar-refractivity contribution is 0.366. The van der Waals surface area contributed by atoms with Crippen molar-refractivity contribution < 1.29 is 4.52 Å². The predicted octanol–water partition coefficient (Wildman–Crippen LogP) is 2.57. The van der Waals surface area contributed by atoms with E-state index in [9.17, 15) is 0 Å². The molecule has 0 saturated carbocycles. The van der Waals surface area contributed by atoms with Gasteiger partial charge in [-0.15, -0.1) is 0 Å². The Kier molecular flexibility index (Phi) is 3.78. The van der Waals surface area contributed by atoms with Gasteiger partial charge in [0.25, 0.3) is 0 Å². The van der Waals surface area contributed by atoms with Crippen molar-refractivity contribution in [1.82, 2.24) is 20.3 Å². The number of para-hydroxylation sites is 1. The molecule has 0 amide bonds. The van der Waals surface area contributed by atoms with Crippen LogP contribution >= 0.6 is 0 Å². The van der Waals surface area contributed by atoms with Crippen LogP contribution in [0.25, 0.3) is 10.9 Å². The van der Waals surface area contributed by atoms with Crippen LogP contribution in [0, 0.1) is 0 Å². The van der Waals surface area contributed by atoms with Crippen LogP contribution in [0.2, 0.25) is 0 Å². The minimum Gasteiger partial charge on any atom is -0.359 e. The molecule has 0 spiro atoms. The Morgan fingerprint density at radius 2 is 2.20 bits per heavy atom. The molecule has 0 saturated heterocycles. The van der Waals surface area contributed by atoms with Crippen molar-refractivity contribution in [2.45, 2.75) is 26.4 Å². The van der Waals surface area contributed by atoms with Crippen molar-refractivity contribution in [1.29, 1.82) is 0 Å². The number of benzene rings is 1. The van der Waals surface area contributed by atoms with E-state index in [0.29, 0.717) is 6.54 Å². The Bertz CT molecular complexity index is 686. The zero-order valence-corrected chi connectivity index (χ0v) is 11.5. The Morgan fingerprint density at radius 3 is 3.10 bits per heavy atom. The van der Waals surface area contributed by atoms with E-state index in [1.807, 2.05) is 29.1 Å². The van der Waals surface area contributed by atoms with E-state index in [0.717, 1.165) is 41.9 Å². The molecule has 0 aliphatic carbocycles. The third-order valence-corrected chi connectivity index (χ3v) is 3.20. The highest BCUT2D eigenvalue weighted by atomic mass is 16.5. The molecule has 2 heterocycles. The van der Waals surface area contributed by atoms with Gasteiger partial charge in [-0.1, -0.05) is 30.3 Å². The third kappa shape index (κ3) is 2.72. The standard InChI is InChI=1S/C15H18N4O/c1-2-7-16-10-13-8-14(20-18-13)11-19-15-6-4-3-5-12(15)9-17-19/h3-6,8-9,16H,2,7,10-11H2,1H3. The van der Waals surface area contributed by atoms with Crippen molar-refractivity contribution in [2.75, 3.05) is 6.54 Å². The molecule has 0 unspecified atom stereocenters. The fraction of sp³-hybridized carbons (Fsp3) is 0.333. The van der Waals surface area contributed by atoms with Crippen molar-refractivity contribution >= 4 is 10.9 Å². The highest BCUT2D eigenvalue weighted by Gasteiger charge is 2.07. The fourth-order valence-corrected chi connectivity index (χ4v) is 2.21. The maximum absolute atomic E-state index is 5.37. The minimum absolute atomic E-state index is 0.605. The van der Waals surface area contributed by atoms with Gasteiger partial charge in [0.15, 0.2) is 5.76 Å². The largest absolute Gasteiger partial charge is 0.359 e. The van der Waals surface area contributed by atoms with E-state index in [2.05, 4.69) is 34.6 Å². The maximum atomic E-state index is 5.37. The van der Waals surface area contributed by atoms with Crippen molar-refractivity contribution in [3.63, 3.8) is 0 Å². The minimum atomic E-state index is 0.605. The Labute approximate surface area is 117 Å². The van der Waals surface area contributed by atoms with E-state index in [-0.39, 0.29) is 0 Å². The average molecular weight is 270 g/mol. The van der Waals surface area contributed by atoms with Crippen LogP contribution in [0.3, 0.4) is 0 Å². The number of aromatic nitrogens is 3. The normalized spacial score (nSPS) is 11.2. The lowest BCUT2D eigenvalue weighted by atomic mass is 10.2. The molecular formula is C15H18N4O. The molecule has 2 aromatic heterocycles. The van der Waals surface area contributed by atoms with Gasteiger partial charge in [0.2, 0.25) is 0 Å². The predicted molar refractivity (Wildman–Crippen MR) is 77.3 cm³/mol. The molecule has 1 aromatic carbocycles. The number of hydrogen-bond donors (Lipinski definition) is 1. The Hall–Kier alpha value is -2.14. The number of rotatable bonds is 6. The molecule has 0 radical (unpaired) electrons. The molecule has 0 atom stereocenters. The van der Waals surface area contributed by atoms with E-state index in [1.54, 1.807) is 0 Å². The smallest absolute Gasteiger partial charge is 0.158 e. The van der Waals surface area contributed by atoms with Crippen LogP contribution in [0.15, 0.2) is 41.1 Å². The molecule has 0 aliphatic heterocycles. The second-order valence-electron chi connectivity index (χ2n) is 4.82. The first kappa shape index (κ1) is 12.9. The van der Waals surface area contributed by atoms with Crippen LogP contribution in [0.1, 0.15) is 24.8 Å². The summed E-state index contributed by atoms with van der Waals surface area (Å²) < 4.78 is 7.30. The topological polar surface area (TPSA) is 55.9 Å². The molecule has 0 fully saturated rings. The molecular weight excluding hydrogens is 252 g/mol. The molecule has 20 heavy (non-hydrogen) atoms. The van der Waals surface area contributed by atoms with Gasteiger partial charge >= 0.3 is 0 Å². The summed E-state index contributed by atoms with van der Waals surface area (Å²) in [6, 6.07) is 10.1. The van der Waals surface area contributed by atoms with Crippen LogP contribution in [0.5, 0.6) is 0 Å². The third-order valence-electron chi connectivity index (χ3n) is 3.20. The molecule has 104 valence electrons. The van der Waals surface area contributed by atoms with Gasteiger partial charge in [-0.05, 0) is 19.0 Å². The van der Waals surface area contributed by atoms with Gasteiger partial charge in [0.05, 0.1) is 17.4 Å². The molecule has 0 bridgehead atoms. The molecule has 3 aromatic rings. The van der Waals surface area contributed by atoms with Gasteiger partial charge in [-0.3, -0.25) is 4.68 Å². The molecule has 5 heteroatoms. The van der Waals surface area contributed by atoms with Crippen LogP contribution in [-0.4, -0.2) is 21.5 Å². The molecule has 5 nitrogen and oxygen atoms in total.